The Bertz CT molecular complexity index is 493. The zero-order chi connectivity index (χ0) is 15.5. The van der Waals surface area contributed by atoms with Crippen LogP contribution < -0.4 is 0 Å². The lowest BCUT2D eigenvalue weighted by molar-refractivity contribution is -0.150. The van der Waals surface area contributed by atoms with Crippen LogP contribution in [0.5, 0.6) is 0 Å². The Hall–Kier alpha value is -1.40. The number of carboxylic acid groups (broad SMARTS) is 1. The number of likely N-dealkylation sites (tertiary alicyclic amines) is 1. The Balaban J connectivity index is 1.80. The van der Waals surface area contributed by atoms with E-state index >= 15 is 0 Å². The summed E-state index contributed by atoms with van der Waals surface area (Å²) < 4.78 is 0. The number of nitrogens with zero attached hydrogens (tertiary/aromatic N) is 2. The van der Waals surface area contributed by atoms with Crippen LogP contribution in [0.4, 0.5) is 0 Å². The Labute approximate surface area is 129 Å². The summed E-state index contributed by atoms with van der Waals surface area (Å²) >= 11 is 1.64. The van der Waals surface area contributed by atoms with Crippen LogP contribution >= 0.6 is 11.3 Å². The Kier molecular flexibility index (Phi) is 5.00. The molecular weight excluding hydrogens is 288 g/mol. The van der Waals surface area contributed by atoms with Crippen molar-refractivity contribution in [1.29, 1.82) is 0 Å². The molecule has 1 aromatic rings. The van der Waals surface area contributed by atoms with Gasteiger partial charge in [-0.05, 0) is 44.3 Å². The Morgan fingerprint density at radius 1 is 1.43 bits per heavy atom. The van der Waals surface area contributed by atoms with E-state index < -0.39 is 11.4 Å². The molecule has 21 heavy (non-hydrogen) atoms. The summed E-state index contributed by atoms with van der Waals surface area (Å²) in [6, 6.07) is 4.00. The predicted molar refractivity (Wildman–Crippen MR) is 82.2 cm³/mol. The number of carboxylic acids is 1. The second-order valence-electron chi connectivity index (χ2n) is 5.97. The third kappa shape index (κ3) is 4.04. The first-order chi connectivity index (χ1) is 9.90. The molecule has 1 aliphatic rings. The fraction of sp³-hybridized carbons (Fsp3) is 0.600. The molecular formula is C15H22N2O3S. The first-order valence-corrected chi connectivity index (χ1v) is 8.01. The quantitative estimate of drug-likeness (QED) is 0.902. The Morgan fingerprint density at radius 2 is 2.10 bits per heavy atom. The van der Waals surface area contributed by atoms with Crippen LogP contribution in [0.25, 0.3) is 0 Å². The van der Waals surface area contributed by atoms with Crippen molar-refractivity contribution < 1.29 is 14.7 Å². The molecule has 1 saturated heterocycles. The topological polar surface area (TPSA) is 60.9 Å². The van der Waals surface area contributed by atoms with Gasteiger partial charge in [-0.1, -0.05) is 6.07 Å². The van der Waals surface area contributed by atoms with E-state index in [-0.39, 0.29) is 5.91 Å². The molecule has 1 fully saturated rings. The minimum absolute atomic E-state index is 0.0855. The van der Waals surface area contributed by atoms with Gasteiger partial charge in [-0.3, -0.25) is 14.5 Å². The van der Waals surface area contributed by atoms with Crippen LogP contribution in [0.2, 0.25) is 0 Å². The maximum absolute atomic E-state index is 12.2. The summed E-state index contributed by atoms with van der Waals surface area (Å²) in [6.07, 6.45) is 1.20. The van der Waals surface area contributed by atoms with Crippen molar-refractivity contribution in [2.45, 2.75) is 26.3 Å². The lowest BCUT2D eigenvalue weighted by atomic mass is 9.80. The van der Waals surface area contributed by atoms with Gasteiger partial charge in [-0.15, -0.1) is 11.3 Å². The average Bonchev–Trinajstić information content (AvgIpc) is 2.94. The molecule has 0 aliphatic carbocycles. The van der Waals surface area contributed by atoms with Crippen molar-refractivity contribution in [3.63, 3.8) is 0 Å². The molecule has 0 radical (unpaired) electrons. The van der Waals surface area contributed by atoms with Crippen molar-refractivity contribution in [2.75, 3.05) is 26.7 Å². The maximum Gasteiger partial charge on any atom is 0.309 e. The van der Waals surface area contributed by atoms with E-state index in [0.29, 0.717) is 39.0 Å². The Morgan fingerprint density at radius 3 is 2.62 bits per heavy atom. The largest absolute Gasteiger partial charge is 0.481 e. The van der Waals surface area contributed by atoms with E-state index in [1.807, 2.05) is 24.6 Å². The summed E-state index contributed by atoms with van der Waals surface area (Å²) in [4.78, 5) is 28.4. The number of amides is 1. The zero-order valence-corrected chi connectivity index (χ0v) is 13.4. The van der Waals surface area contributed by atoms with Gasteiger partial charge in [-0.2, -0.15) is 0 Å². The van der Waals surface area contributed by atoms with Crippen LogP contribution in [0, 0.1) is 5.41 Å². The van der Waals surface area contributed by atoms with Crippen molar-refractivity contribution in [2.24, 2.45) is 5.41 Å². The number of carbonyl (C=O) groups is 2. The van der Waals surface area contributed by atoms with E-state index in [0.717, 1.165) is 0 Å². The highest BCUT2D eigenvalue weighted by atomic mass is 32.1. The number of hydrogen-bond donors (Lipinski definition) is 1. The van der Waals surface area contributed by atoms with Crippen molar-refractivity contribution in [3.05, 3.63) is 22.4 Å². The minimum Gasteiger partial charge on any atom is -0.481 e. The first-order valence-electron chi connectivity index (χ1n) is 7.13. The highest BCUT2D eigenvalue weighted by Gasteiger charge is 2.37. The fourth-order valence-corrected chi connectivity index (χ4v) is 3.21. The van der Waals surface area contributed by atoms with Gasteiger partial charge in [0.15, 0.2) is 0 Å². The molecule has 6 heteroatoms. The molecule has 2 heterocycles. The van der Waals surface area contributed by atoms with Crippen LogP contribution in [-0.4, -0.2) is 53.5 Å². The number of likely N-dealkylation sites (N-methyl/N-ethyl adjacent to an activating group) is 1. The van der Waals surface area contributed by atoms with Gasteiger partial charge in [0.2, 0.25) is 5.91 Å². The highest BCUT2D eigenvalue weighted by Crippen LogP contribution is 2.30. The number of rotatable bonds is 5. The molecule has 2 rings (SSSR count). The molecule has 1 amide bonds. The number of piperidine rings is 1. The molecule has 1 aliphatic heterocycles. The molecule has 5 nitrogen and oxygen atoms in total. The average molecular weight is 310 g/mol. The van der Waals surface area contributed by atoms with Gasteiger partial charge < -0.3 is 10.0 Å². The summed E-state index contributed by atoms with van der Waals surface area (Å²) in [6.45, 7) is 4.13. The van der Waals surface area contributed by atoms with Crippen molar-refractivity contribution in [1.82, 2.24) is 9.80 Å². The molecule has 1 aromatic heterocycles. The molecule has 116 valence electrons. The summed E-state index contributed by atoms with van der Waals surface area (Å²) in [5.41, 5.74) is -0.636. The van der Waals surface area contributed by atoms with Gasteiger partial charge >= 0.3 is 5.97 Å². The van der Waals surface area contributed by atoms with Gasteiger partial charge in [0.05, 0.1) is 18.5 Å². The van der Waals surface area contributed by atoms with E-state index in [1.54, 1.807) is 23.2 Å². The molecule has 0 unspecified atom stereocenters. The summed E-state index contributed by atoms with van der Waals surface area (Å²) in [7, 11) is 1.81. The smallest absolute Gasteiger partial charge is 0.309 e. The molecule has 0 spiro atoms. The third-order valence-electron chi connectivity index (χ3n) is 4.23. The molecule has 0 atom stereocenters. The highest BCUT2D eigenvalue weighted by molar-refractivity contribution is 7.09. The summed E-state index contributed by atoms with van der Waals surface area (Å²) in [5, 5.41) is 11.2. The monoisotopic (exact) mass is 310 g/mol. The second kappa shape index (κ2) is 6.58. The van der Waals surface area contributed by atoms with Crippen molar-refractivity contribution in [3.8, 4) is 0 Å². The molecule has 1 N–H and O–H groups in total. The number of carbonyl (C=O) groups excluding carboxylic acids is 1. The predicted octanol–water partition coefficient (Wildman–Crippen LogP) is 1.89. The van der Waals surface area contributed by atoms with E-state index in [4.69, 9.17) is 0 Å². The first kappa shape index (κ1) is 16.0. The molecule has 0 aromatic carbocycles. The van der Waals surface area contributed by atoms with E-state index in [9.17, 15) is 14.7 Å². The van der Waals surface area contributed by atoms with Crippen LogP contribution in [-0.2, 0) is 16.1 Å². The molecule has 0 saturated carbocycles. The van der Waals surface area contributed by atoms with Gasteiger partial charge in [0, 0.05) is 11.9 Å². The summed E-state index contributed by atoms with van der Waals surface area (Å²) in [5.74, 6) is -0.648. The van der Waals surface area contributed by atoms with Gasteiger partial charge in [0.25, 0.3) is 0 Å². The fourth-order valence-electron chi connectivity index (χ4n) is 2.46. The van der Waals surface area contributed by atoms with E-state index in [1.165, 1.54) is 4.88 Å². The third-order valence-corrected chi connectivity index (χ3v) is 5.09. The van der Waals surface area contributed by atoms with Crippen LogP contribution in [0.15, 0.2) is 17.5 Å². The van der Waals surface area contributed by atoms with E-state index in [2.05, 4.69) is 4.90 Å². The second-order valence-corrected chi connectivity index (χ2v) is 7.00. The normalized spacial score (nSPS) is 18.4. The van der Waals surface area contributed by atoms with Crippen molar-refractivity contribution >= 4 is 23.2 Å². The zero-order valence-electron chi connectivity index (χ0n) is 12.5. The minimum atomic E-state index is -0.733. The lowest BCUT2D eigenvalue weighted by Gasteiger charge is -2.36. The standard InChI is InChI=1S/C15H22N2O3S/c1-15(14(19)20)5-7-17(8-6-15)11-13(18)16(2)10-12-4-3-9-21-12/h3-4,9H,5-8,10-11H2,1-2H3,(H,19,20). The maximum atomic E-state index is 12.2. The van der Waals surface area contributed by atoms with Gasteiger partial charge in [0.1, 0.15) is 0 Å². The van der Waals surface area contributed by atoms with Crippen LogP contribution in [0.1, 0.15) is 24.6 Å². The SMILES string of the molecule is CN(Cc1cccs1)C(=O)CN1CCC(C)(C(=O)O)CC1. The molecule has 0 bridgehead atoms. The van der Waals surface area contributed by atoms with Gasteiger partial charge in [-0.25, -0.2) is 0 Å². The lowest BCUT2D eigenvalue weighted by Crippen LogP contribution is -2.46. The number of hydrogen-bond acceptors (Lipinski definition) is 4. The number of thiophene rings is 1. The number of aliphatic carboxylic acids is 1. The van der Waals surface area contributed by atoms with Crippen LogP contribution in [0.3, 0.4) is 0 Å².